The average Bonchev–Trinajstić information content (AvgIpc) is 2.87. The standard InChI is InChI=1S/C16H18FN5O/c1-5-23-11-6-7-13(12(17)8-11)22-10(3)14-9(2)19-20-16(18-4)15(14)21-22/h6-8H,5H2,1-4H3,(H,18,20). The Morgan fingerprint density at radius 1 is 1.26 bits per heavy atom. The van der Waals surface area contributed by atoms with Crippen molar-refractivity contribution in [2.75, 3.05) is 19.0 Å². The summed E-state index contributed by atoms with van der Waals surface area (Å²) in [5.74, 6) is 0.675. The minimum absolute atomic E-state index is 0.364. The van der Waals surface area contributed by atoms with E-state index in [0.717, 1.165) is 16.8 Å². The average molecular weight is 315 g/mol. The van der Waals surface area contributed by atoms with Crippen LogP contribution in [0.5, 0.6) is 5.75 Å². The molecular formula is C16H18FN5O. The lowest BCUT2D eigenvalue weighted by molar-refractivity contribution is 0.338. The van der Waals surface area contributed by atoms with Gasteiger partial charge in [-0.1, -0.05) is 0 Å². The summed E-state index contributed by atoms with van der Waals surface area (Å²) < 4.78 is 21.4. The van der Waals surface area contributed by atoms with Crippen molar-refractivity contribution < 1.29 is 9.13 Å². The van der Waals surface area contributed by atoms with E-state index in [1.807, 2.05) is 20.8 Å². The molecule has 2 heterocycles. The monoisotopic (exact) mass is 315 g/mol. The van der Waals surface area contributed by atoms with Crippen LogP contribution in [-0.4, -0.2) is 33.6 Å². The quantitative estimate of drug-likeness (QED) is 0.802. The third kappa shape index (κ3) is 2.48. The Balaban J connectivity index is 2.21. The molecule has 0 bridgehead atoms. The molecule has 1 aromatic carbocycles. The van der Waals surface area contributed by atoms with Crippen LogP contribution in [-0.2, 0) is 0 Å². The van der Waals surface area contributed by atoms with E-state index in [4.69, 9.17) is 4.74 Å². The van der Waals surface area contributed by atoms with Crippen molar-refractivity contribution in [3.05, 3.63) is 35.4 Å². The summed E-state index contributed by atoms with van der Waals surface area (Å²) in [6, 6.07) is 4.76. The summed E-state index contributed by atoms with van der Waals surface area (Å²) in [5, 5.41) is 16.6. The summed E-state index contributed by atoms with van der Waals surface area (Å²) in [6.45, 7) is 6.10. The molecule has 3 aromatic rings. The number of benzene rings is 1. The van der Waals surface area contributed by atoms with Crippen molar-refractivity contribution in [3.63, 3.8) is 0 Å². The number of halogens is 1. The molecular weight excluding hydrogens is 297 g/mol. The molecule has 0 saturated carbocycles. The number of aromatic nitrogens is 4. The molecule has 0 aliphatic carbocycles. The number of rotatable bonds is 4. The van der Waals surface area contributed by atoms with E-state index in [1.54, 1.807) is 23.9 Å². The molecule has 1 N–H and O–H groups in total. The molecule has 0 unspecified atom stereocenters. The Hall–Kier alpha value is -2.70. The molecule has 0 aliphatic rings. The van der Waals surface area contributed by atoms with Crippen LogP contribution >= 0.6 is 0 Å². The highest BCUT2D eigenvalue weighted by atomic mass is 19.1. The topological polar surface area (TPSA) is 64.9 Å². The molecule has 0 fully saturated rings. The number of hydrogen-bond donors (Lipinski definition) is 1. The van der Waals surface area contributed by atoms with Gasteiger partial charge in [0.2, 0.25) is 0 Å². The van der Waals surface area contributed by atoms with E-state index >= 15 is 0 Å². The lowest BCUT2D eigenvalue weighted by Gasteiger charge is -2.08. The maximum absolute atomic E-state index is 14.5. The highest BCUT2D eigenvalue weighted by molar-refractivity contribution is 5.91. The van der Waals surface area contributed by atoms with Crippen molar-refractivity contribution in [1.29, 1.82) is 0 Å². The van der Waals surface area contributed by atoms with Gasteiger partial charge in [-0.2, -0.15) is 10.2 Å². The maximum Gasteiger partial charge on any atom is 0.176 e. The van der Waals surface area contributed by atoms with Crippen LogP contribution in [0.2, 0.25) is 0 Å². The first kappa shape index (κ1) is 15.2. The third-order valence-corrected chi connectivity index (χ3v) is 3.70. The maximum atomic E-state index is 14.5. The van der Waals surface area contributed by atoms with Crippen LogP contribution in [0.25, 0.3) is 16.6 Å². The fraction of sp³-hybridized carbons (Fsp3) is 0.312. The first-order valence-electron chi connectivity index (χ1n) is 7.39. The lowest BCUT2D eigenvalue weighted by Crippen LogP contribution is -2.03. The van der Waals surface area contributed by atoms with Crippen molar-refractivity contribution in [3.8, 4) is 11.4 Å². The molecule has 0 spiro atoms. The van der Waals surface area contributed by atoms with Gasteiger partial charge >= 0.3 is 0 Å². The second kappa shape index (κ2) is 5.83. The number of anilines is 1. The Labute approximate surface area is 133 Å². The summed E-state index contributed by atoms with van der Waals surface area (Å²) in [5.41, 5.74) is 2.61. The second-order valence-corrected chi connectivity index (χ2v) is 5.15. The molecule has 0 radical (unpaired) electrons. The molecule has 3 rings (SSSR count). The second-order valence-electron chi connectivity index (χ2n) is 5.15. The Morgan fingerprint density at radius 2 is 2.04 bits per heavy atom. The van der Waals surface area contributed by atoms with Gasteiger partial charge in [0.1, 0.15) is 17.0 Å². The predicted molar refractivity (Wildman–Crippen MR) is 86.8 cm³/mol. The summed E-state index contributed by atoms with van der Waals surface area (Å²) >= 11 is 0. The van der Waals surface area contributed by atoms with Crippen molar-refractivity contribution in [2.24, 2.45) is 0 Å². The zero-order chi connectivity index (χ0) is 16.6. The van der Waals surface area contributed by atoms with E-state index in [-0.39, 0.29) is 0 Å². The summed E-state index contributed by atoms with van der Waals surface area (Å²) in [4.78, 5) is 0. The van der Waals surface area contributed by atoms with E-state index in [1.165, 1.54) is 6.07 Å². The van der Waals surface area contributed by atoms with Gasteiger partial charge in [0.15, 0.2) is 11.6 Å². The number of aryl methyl sites for hydroxylation is 2. The molecule has 120 valence electrons. The first-order valence-corrected chi connectivity index (χ1v) is 7.39. The van der Waals surface area contributed by atoms with Gasteiger partial charge in [-0.25, -0.2) is 9.07 Å². The number of fused-ring (bicyclic) bond motifs is 1. The Bertz CT molecular complexity index is 875. The SMILES string of the molecule is CCOc1ccc(-n2nc3c(NC)nnc(C)c3c2C)c(F)c1. The predicted octanol–water partition coefficient (Wildman–Crippen LogP) is 3.01. The van der Waals surface area contributed by atoms with Crippen molar-refractivity contribution >= 4 is 16.7 Å². The highest BCUT2D eigenvalue weighted by Crippen LogP contribution is 2.28. The number of nitrogens with zero attached hydrogens (tertiary/aromatic N) is 4. The first-order chi connectivity index (χ1) is 11.1. The van der Waals surface area contributed by atoms with Crippen LogP contribution in [0, 0.1) is 19.7 Å². The van der Waals surface area contributed by atoms with Gasteiger partial charge in [0.25, 0.3) is 0 Å². The third-order valence-electron chi connectivity index (χ3n) is 3.70. The fourth-order valence-corrected chi connectivity index (χ4v) is 2.64. The molecule has 0 amide bonds. The molecule has 0 saturated heterocycles. The van der Waals surface area contributed by atoms with Gasteiger partial charge in [-0.05, 0) is 32.9 Å². The van der Waals surface area contributed by atoms with Gasteiger partial charge in [-0.3, -0.25) is 0 Å². The van der Waals surface area contributed by atoms with Gasteiger partial charge in [0.05, 0.1) is 23.4 Å². The molecule has 7 heteroatoms. The van der Waals surface area contributed by atoms with Gasteiger partial charge in [0, 0.05) is 13.1 Å². The zero-order valence-electron chi connectivity index (χ0n) is 13.5. The van der Waals surface area contributed by atoms with Crippen molar-refractivity contribution in [2.45, 2.75) is 20.8 Å². The van der Waals surface area contributed by atoms with Crippen LogP contribution < -0.4 is 10.1 Å². The van der Waals surface area contributed by atoms with E-state index in [9.17, 15) is 4.39 Å². The van der Waals surface area contributed by atoms with Crippen LogP contribution in [0.15, 0.2) is 18.2 Å². The number of ether oxygens (including phenoxy) is 1. The van der Waals surface area contributed by atoms with Crippen molar-refractivity contribution in [1.82, 2.24) is 20.0 Å². The normalized spacial score (nSPS) is 11.0. The fourth-order valence-electron chi connectivity index (χ4n) is 2.64. The van der Waals surface area contributed by atoms with E-state index in [0.29, 0.717) is 29.4 Å². The number of hydrogen-bond acceptors (Lipinski definition) is 5. The molecule has 23 heavy (non-hydrogen) atoms. The lowest BCUT2D eigenvalue weighted by atomic mass is 10.2. The summed E-state index contributed by atoms with van der Waals surface area (Å²) in [6.07, 6.45) is 0. The molecule has 0 atom stereocenters. The van der Waals surface area contributed by atoms with Crippen LogP contribution in [0.4, 0.5) is 10.2 Å². The van der Waals surface area contributed by atoms with Crippen LogP contribution in [0.1, 0.15) is 18.3 Å². The molecule has 2 aromatic heterocycles. The zero-order valence-corrected chi connectivity index (χ0v) is 13.5. The molecule has 6 nitrogen and oxygen atoms in total. The smallest absolute Gasteiger partial charge is 0.176 e. The summed E-state index contributed by atoms with van der Waals surface area (Å²) in [7, 11) is 1.75. The highest BCUT2D eigenvalue weighted by Gasteiger charge is 2.18. The van der Waals surface area contributed by atoms with Crippen LogP contribution in [0.3, 0.4) is 0 Å². The van der Waals surface area contributed by atoms with Gasteiger partial charge < -0.3 is 10.1 Å². The minimum Gasteiger partial charge on any atom is -0.494 e. The Morgan fingerprint density at radius 3 is 2.70 bits per heavy atom. The van der Waals surface area contributed by atoms with E-state index in [2.05, 4.69) is 20.6 Å². The largest absolute Gasteiger partial charge is 0.494 e. The Kier molecular flexibility index (Phi) is 3.85. The van der Waals surface area contributed by atoms with Gasteiger partial charge in [-0.15, -0.1) is 5.10 Å². The molecule has 0 aliphatic heterocycles. The van der Waals surface area contributed by atoms with E-state index < -0.39 is 5.82 Å². The number of nitrogens with one attached hydrogen (secondary N) is 1. The minimum atomic E-state index is -0.392.